The summed E-state index contributed by atoms with van der Waals surface area (Å²) in [6.07, 6.45) is 8.53. The Balaban J connectivity index is 0.00000192. The normalized spacial score (nSPS) is 19.3. The van der Waals surface area contributed by atoms with Crippen molar-refractivity contribution in [1.82, 2.24) is 0 Å². The average molecular weight is 429 g/mol. The summed E-state index contributed by atoms with van der Waals surface area (Å²) < 4.78 is 5.34. The van der Waals surface area contributed by atoms with E-state index in [0.717, 1.165) is 25.3 Å². The van der Waals surface area contributed by atoms with Gasteiger partial charge in [0.05, 0.1) is 13.2 Å². The predicted octanol–water partition coefficient (Wildman–Crippen LogP) is 3.73. The fourth-order valence-corrected chi connectivity index (χ4v) is 3.66. The van der Waals surface area contributed by atoms with E-state index in [1.807, 2.05) is 0 Å². The molecule has 0 amide bonds. The Kier molecular flexibility index (Phi) is 6.71. The quantitative estimate of drug-likeness (QED) is 0.426. The lowest BCUT2D eigenvalue weighted by Gasteiger charge is -2.40. The Morgan fingerprint density at radius 3 is 2.74 bits per heavy atom. The van der Waals surface area contributed by atoms with Crippen LogP contribution in [0.15, 0.2) is 23.2 Å². The van der Waals surface area contributed by atoms with Crippen molar-refractivity contribution in [2.75, 3.05) is 25.6 Å². The standard InChI is InChI=1S/C18H27N3O.HI/c1-22-13-18(10-5-11-18)12-20-17(19)21-16-9-4-7-14-6-2-3-8-15(14)16;/h4,7,9H,2-3,5-6,8,10-13H2,1H3,(H3,19,20,21);1H. The topological polar surface area (TPSA) is 59.6 Å². The van der Waals surface area contributed by atoms with Crippen LogP contribution < -0.4 is 11.1 Å². The molecular formula is C18H28IN3O. The molecular weight excluding hydrogens is 401 g/mol. The number of hydrogen-bond donors (Lipinski definition) is 2. The van der Waals surface area contributed by atoms with Crippen molar-refractivity contribution in [2.45, 2.75) is 44.9 Å². The number of aryl methyl sites for hydroxylation is 1. The second-order valence-corrected chi connectivity index (χ2v) is 6.76. The summed E-state index contributed by atoms with van der Waals surface area (Å²) in [4.78, 5) is 4.58. The summed E-state index contributed by atoms with van der Waals surface area (Å²) >= 11 is 0. The maximum absolute atomic E-state index is 6.12. The molecule has 5 heteroatoms. The molecule has 23 heavy (non-hydrogen) atoms. The molecule has 2 aliphatic carbocycles. The fraction of sp³-hybridized carbons (Fsp3) is 0.611. The van der Waals surface area contributed by atoms with E-state index in [2.05, 4.69) is 28.5 Å². The average Bonchev–Trinajstić information content (AvgIpc) is 2.50. The molecule has 0 aliphatic heterocycles. The summed E-state index contributed by atoms with van der Waals surface area (Å²) in [7, 11) is 1.77. The molecule has 0 spiro atoms. The molecule has 0 bridgehead atoms. The van der Waals surface area contributed by atoms with Gasteiger partial charge in [-0.15, -0.1) is 24.0 Å². The van der Waals surface area contributed by atoms with Crippen LogP contribution in [0.4, 0.5) is 5.69 Å². The highest BCUT2D eigenvalue weighted by Gasteiger charge is 2.36. The van der Waals surface area contributed by atoms with Crippen LogP contribution in [0.25, 0.3) is 0 Å². The molecule has 3 N–H and O–H groups in total. The summed E-state index contributed by atoms with van der Waals surface area (Å²) in [5, 5.41) is 3.32. The van der Waals surface area contributed by atoms with Crippen LogP contribution in [-0.2, 0) is 17.6 Å². The van der Waals surface area contributed by atoms with Crippen molar-refractivity contribution in [3.05, 3.63) is 29.3 Å². The molecule has 1 aromatic rings. The Labute approximate surface area is 156 Å². The second kappa shape index (κ2) is 8.33. The maximum Gasteiger partial charge on any atom is 0.193 e. The third-order valence-electron chi connectivity index (χ3n) is 5.11. The zero-order valence-electron chi connectivity index (χ0n) is 13.9. The fourth-order valence-electron chi connectivity index (χ4n) is 3.66. The number of aliphatic imine (C=N–C) groups is 1. The number of halogens is 1. The number of fused-ring (bicyclic) bond motifs is 1. The van der Waals surface area contributed by atoms with Gasteiger partial charge in [-0.3, -0.25) is 4.99 Å². The third-order valence-corrected chi connectivity index (χ3v) is 5.11. The van der Waals surface area contributed by atoms with E-state index in [1.54, 1.807) is 7.11 Å². The highest BCUT2D eigenvalue weighted by atomic mass is 127. The first-order valence-corrected chi connectivity index (χ1v) is 8.39. The lowest BCUT2D eigenvalue weighted by atomic mass is 9.69. The highest BCUT2D eigenvalue weighted by Crippen LogP contribution is 2.41. The lowest BCUT2D eigenvalue weighted by Crippen LogP contribution is -2.38. The van der Waals surface area contributed by atoms with E-state index in [-0.39, 0.29) is 29.4 Å². The number of nitrogens with zero attached hydrogens (tertiary/aromatic N) is 1. The van der Waals surface area contributed by atoms with Crippen LogP contribution in [-0.4, -0.2) is 26.2 Å². The Morgan fingerprint density at radius 2 is 2.04 bits per heavy atom. The minimum absolute atomic E-state index is 0. The predicted molar refractivity (Wildman–Crippen MR) is 107 cm³/mol. The van der Waals surface area contributed by atoms with Gasteiger partial charge < -0.3 is 15.8 Å². The number of benzene rings is 1. The second-order valence-electron chi connectivity index (χ2n) is 6.76. The first-order chi connectivity index (χ1) is 10.7. The number of anilines is 1. The molecule has 0 aromatic heterocycles. The monoisotopic (exact) mass is 429 g/mol. The molecule has 0 unspecified atom stereocenters. The smallest absolute Gasteiger partial charge is 0.193 e. The molecule has 0 radical (unpaired) electrons. The number of rotatable bonds is 5. The molecule has 1 fully saturated rings. The van der Waals surface area contributed by atoms with Crippen molar-refractivity contribution in [3.8, 4) is 0 Å². The van der Waals surface area contributed by atoms with E-state index in [4.69, 9.17) is 10.5 Å². The maximum atomic E-state index is 6.12. The van der Waals surface area contributed by atoms with Crippen LogP contribution in [0.1, 0.15) is 43.2 Å². The SMILES string of the molecule is COCC1(CN=C(N)Nc2cccc3c2CCCC3)CCC1.I. The molecule has 128 valence electrons. The number of nitrogens with two attached hydrogens (primary N) is 1. The third kappa shape index (κ3) is 4.38. The van der Waals surface area contributed by atoms with Crippen LogP contribution in [0.3, 0.4) is 0 Å². The van der Waals surface area contributed by atoms with Gasteiger partial charge in [-0.2, -0.15) is 0 Å². The lowest BCUT2D eigenvalue weighted by molar-refractivity contribution is 0.0253. The Bertz CT molecular complexity index is 555. The minimum atomic E-state index is 0. The van der Waals surface area contributed by atoms with Crippen molar-refractivity contribution in [2.24, 2.45) is 16.1 Å². The molecule has 0 saturated heterocycles. The van der Waals surface area contributed by atoms with Gasteiger partial charge in [0.15, 0.2) is 5.96 Å². The van der Waals surface area contributed by atoms with Crippen molar-refractivity contribution in [1.29, 1.82) is 0 Å². The molecule has 2 aliphatic rings. The zero-order valence-corrected chi connectivity index (χ0v) is 16.3. The molecule has 0 heterocycles. The molecule has 3 rings (SSSR count). The van der Waals surface area contributed by atoms with Crippen molar-refractivity contribution in [3.63, 3.8) is 0 Å². The number of hydrogen-bond acceptors (Lipinski definition) is 2. The highest BCUT2D eigenvalue weighted by molar-refractivity contribution is 14.0. The number of methoxy groups -OCH3 is 1. The van der Waals surface area contributed by atoms with Gasteiger partial charge in [0, 0.05) is 18.2 Å². The Morgan fingerprint density at radius 1 is 1.26 bits per heavy atom. The van der Waals surface area contributed by atoms with Gasteiger partial charge in [-0.25, -0.2) is 0 Å². The molecule has 0 atom stereocenters. The molecule has 4 nitrogen and oxygen atoms in total. The van der Waals surface area contributed by atoms with E-state index >= 15 is 0 Å². The van der Waals surface area contributed by atoms with E-state index in [1.165, 1.54) is 49.7 Å². The van der Waals surface area contributed by atoms with E-state index in [9.17, 15) is 0 Å². The number of ether oxygens (including phenoxy) is 1. The van der Waals surface area contributed by atoms with Crippen LogP contribution in [0.5, 0.6) is 0 Å². The summed E-state index contributed by atoms with van der Waals surface area (Å²) in [5.74, 6) is 0.529. The van der Waals surface area contributed by atoms with Gasteiger partial charge in [0.1, 0.15) is 0 Å². The van der Waals surface area contributed by atoms with Crippen molar-refractivity contribution < 1.29 is 4.74 Å². The number of nitrogens with one attached hydrogen (secondary N) is 1. The van der Waals surface area contributed by atoms with Gasteiger partial charge in [-0.1, -0.05) is 18.6 Å². The number of guanidine groups is 1. The van der Waals surface area contributed by atoms with Crippen molar-refractivity contribution >= 4 is 35.6 Å². The van der Waals surface area contributed by atoms with Crippen LogP contribution in [0, 0.1) is 5.41 Å². The first-order valence-electron chi connectivity index (χ1n) is 8.39. The van der Waals surface area contributed by atoms with Gasteiger partial charge in [0.2, 0.25) is 0 Å². The molecule has 1 aromatic carbocycles. The Hall–Kier alpha value is -0.820. The first kappa shape index (κ1) is 18.5. The summed E-state index contributed by atoms with van der Waals surface area (Å²) in [6.45, 7) is 1.54. The van der Waals surface area contributed by atoms with Crippen LogP contribution in [0.2, 0.25) is 0 Å². The largest absolute Gasteiger partial charge is 0.384 e. The zero-order chi connectivity index (χ0) is 15.4. The van der Waals surface area contributed by atoms with Gasteiger partial charge in [-0.05, 0) is 55.7 Å². The van der Waals surface area contributed by atoms with Gasteiger partial charge in [0.25, 0.3) is 0 Å². The van der Waals surface area contributed by atoms with E-state index < -0.39 is 0 Å². The van der Waals surface area contributed by atoms with Gasteiger partial charge >= 0.3 is 0 Å². The summed E-state index contributed by atoms with van der Waals surface area (Å²) in [6, 6.07) is 6.45. The summed E-state index contributed by atoms with van der Waals surface area (Å²) in [5.41, 5.74) is 10.3. The minimum Gasteiger partial charge on any atom is -0.384 e. The van der Waals surface area contributed by atoms with E-state index in [0.29, 0.717) is 5.96 Å². The van der Waals surface area contributed by atoms with Crippen LogP contribution >= 0.6 is 24.0 Å². The molecule has 1 saturated carbocycles.